The number of unbranched alkanes of at least 4 members (excludes halogenated alkanes) is 40. The highest BCUT2D eigenvalue weighted by Gasteiger charge is 2.23. The van der Waals surface area contributed by atoms with Gasteiger partial charge in [0.25, 0.3) is 7.82 Å². The lowest BCUT2D eigenvalue weighted by Crippen LogP contribution is -2.45. The minimum Gasteiger partial charge on any atom is -0.756 e. The standard InChI is InChI=1S/C77H141N2O6P/c1-6-8-10-12-14-16-18-20-22-24-26-28-30-32-33-34-35-36-37-38-39-40-41-42-43-44-45-47-49-51-53-55-57-59-61-63-65-67-69-71-77(81)78-75(74-85-86(82,83)84-73-72-79(3,4)5)76(80)70-68-66-64-62-60-58-56-54-52-50-48-46-31-29-27-25-23-21-19-17-15-13-11-9-7-2/h8,10,14,16,20,22,26,28,32-33,35-36,38-39,68,70,75-76,80H,6-7,9,11-13,15,17-19,21,23-25,27,29-31,34,37,40-67,69,71-74H2,1-5H3,(H-,78,81,82,83)/b10-8-,16-14-,22-20-,28-26-,33-32-,36-35-,39-38-,70-68+. The fraction of sp³-hybridized carbons (Fsp3) is 0.779. The van der Waals surface area contributed by atoms with E-state index < -0.39 is 20.0 Å². The van der Waals surface area contributed by atoms with Gasteiger partial charge in [-0.05, 0) is 77.0 Å². The maximum Gasteiger partial charge on any atom is 0.268 e. The molecule has 0 aromatic rings. The molecular formula is C77H141N2O6P. The van der Waals surface area contributed by atoms with Gasteiger partial charge in [0.2, 0.25) is 5.91 Å². The lowest BCUT2D eigenvalue weighted by Gasteiger charge is -2.29. The van der Waals surface area contributed by atoms with E-state index >= 15 is 0 Å². The number of nitrogens with one attached hydrogen (secondary N) is 1. The molecule has 0 heterocycles. The van der Waals surface area contributed by atoms with Crippen LogP contribution in [-0.2, 0) is 18.4 Å². The lowest BCUT2D eigenvalue weighted by atomic mass is 10.0. The summed E-state index contributed by atoms with van der Waals surface area (Å²) in [7, 11) is 1.27. The van der Waals surface area contributed by atoms with Gasteiger partial charge in [-0.1, -0.05) is 349 Å². The molecule has 0 saturated heterocycles. The minimum absolute atomic E-state index is 0.00230. The third kappa shape index (κ3) is 68.9. The van der Waals surface area contributed by atoms with E-state index in [1.165, 1.54) is 231 Å². The minimum atomic E-state index is -4.61. The molecule has 8 nitrogen and oxygen atoms in total. The highest BCUT2D eigenvalue weighted by atomic mass is 31.2. The van der Waals surface area contributed by atoms with E-state index in [1.807, 2.05) is 27.2 Å². The van der Waals surface area contributed by atoms with Gasteiger partial charge in [0.05, 0.1) is 39.9 Å². The Kier molecular flexibility index (Phi) is 64.8. The van der Waals surface area contributed by atoms with Crippen LogP contribution in [0.2, 0.25) is 0 Å². The van der Waals surface area contributed by atoms with Crippen LogP contribution in [0.4, 0.5) is 0 Å². The molecule has 0 aliphatic rings. The first-order chi connectivity index (χ1) is 42.0. The lowest BCUT2D eigenvalue weighted by molar-refractivity contribution is -0.870. The number of rotatable bonds is 67. The highest BCUT2D eigenvalue weighted by Crippen LogP contribution is 2.38. The summed E-state index contributed by atoms with van der Waals surface area (Å²) in [5, 5.41) is 14.0. The van der Waals surface area contributed by atoms with Crippen LogP contribution in [0.5, 0.6) is 0 Å². The van der Waals surface area contributed by atoms with Crippen molar-refractivity contribution in [3.63, 3.8) is 0 Å². The molecule has 0 spiro atoms. The number of aliphatic hydroxyl groups is 1. The van der Waals surface area contributed by atoms with Gasteiger partial charge in [-0.2, -0.15) is 0 Å². The number of hydrogen-bond acceptors (Lipinski definition) is 6. The summed E-state index contributed by atoms with van der Waals surface area (Å²) in [6, 6.07) is -0.892. The summed E-state index contributed by atoms with van der Waals surface area (Å²) >= 11 is 0. The Morgan fingerprint density at radius 1 is 0.419 bits per heavy atom. The fourth-order valence-electron chi connectivity index (χ4n) is 10.7. The zero-order valence-electron chi connectivity index (χ0n) is 57.3. The summed E-state index contributed by atoms with van der Waals surface area (Å²) in [6.45, 7) is 4.57. The molecule has 0 aromatic heterocycles. The molecule has 2 N–H and O–H groups in total. The van der Waals surface area contributed by atoms with Crippen molar-refractivity contribution >= 4 is 13.7 Å². The van der Waals surface area contributed by atoms with Crippen LogP contribution in [0.25, 0.3) is 0 Å². The molecule has 0 fully saturated rings. The van der Waals surface area contributed by atoms with E-state index in [4.69, 9.17) is 9.05 Å². The summed E-state index contributed by atoms with van der Waals surface area (Å²) in [4.78, 5) is 25.7. The highest BCUT2D eigenvalue weighted by molar-refractivity contribution is 7.45. The largest absolute Gasteiger partial charge is 0.756 e. The predicted molar refractivity (Wildman–Crippen MR) is 376 cm³/mol. The topological polar surface area (TPSA) is 108 Å². The number of amides is 1. The van der Waals surface area contributed by atoms with Crippen molar-refractivity contribution in [2.75, 3.05) is 40.9 Å². The molecule has 500 valence electrons. The third-order valence-corrected chi connectivity index (χ3v) is 17.3. The number of nitrogens with zero attached hydrogens (tertiary/aromatic N) is 1. The molecule has 3 unspecified atom stereocenters. The fourth-order valence-corrected chi connectivity index (χ4v) is 11.4. The second kappa shape index (κ2) is 66.8. The summed E-state index contributed by atoms with van der Waals surface area (Å²) in [5.41, 5.74) is 0. The van der Waals surface area contributed by atoms with Gasteiger partial charge in [-0.3, -0.25) is 9.36 Å². The van der Waals surface area contributed by atoms with Crippen molar-refractivity contribution in [3.05, 3.63) is 97.2 Å². The zero-order chi connectivity index (χ0) is 62.6. The summed E-state index contributed by atoms with van der Waals surface area (Å²) < 4.78 is 23.5. The zero-order valence-corrected chi connectivity index (χ0v) is 58.1. The Bertz CT molecular complexity index is 1730. The molecule has 3 atom stereocenters. The maximum absolute atomic E-state index is 13.1. The number of allylic oxidation sites excluding steroid dienone is 15. The average molecular weight is 1220 g/mol. The van der Waals surface area contributed by atoms with E-state index in [2.05, 4.69) is 104 Å². The molecule has 0 radical (unpaired) electrons. The number of carbonyl (C=O) groups is 1. The van der Waals surface area contributed by atoms with Gasteiger partial charge >= 0.3 is 0 Å². The number of quaternary nitrogens is 1. The first-order valence-corrected chi connectivity index (χ1v) is 38.1. The normalized spacial score (nSPS) is 14.2. The van der Waals surface area contributed by atoms with Crippen molar-refractivity contribution in [1.29, 1.82) is 0 Å². The average Bonchev–Trinajstić information content (AvgIpc) is 3.70. The first kappa shape index (κ1) is 83.4. The molecule has 0 bridgehead atoms. The number of aliphatic hydroxyl groups excluding tert-OH is 1. The Hall–Kier alpha value is -2.58. The number of phosphoric ester groups is 1. The molecule has 0 aromatic carbocycles. The van der Waals surface area contributed by atoms with Crippen molar-refractivity contribution in [1.82, 2.24) is 5.32 Å². The van der Waals surface area contributed by atoms with Gasteiger partial charge in [0, 0.05) is 6.42 Å². The van der Waals surface area contributed by atoms with Crippen molar-refractivity contribution in [2.24, 2.45) is 0 Å². The Morgan fingerprint density at radius 2 is 0.709 bits per heavy atom. The van der Waals surface area contributed by atoms with Crippen molar-refractivity contribution in [2.45, 2.75) is 347 Å². The van der Waals surface area contributed by atoms with E-state index in [-0.39, 0.29) is 19.1 Å². The molecule has 0 rings (SSSR count). The number of hydrogen-bond donors (Lipinski definition) is 2. The van der Waals surface area contributed by atoms with Crippen LogP contribution < -0.4 is 10.2 Å². The maximum atomic E-state index is 13.1. The molecule has 0 saturated carbocycles. The van der Waals surface area contributed by atoms with Gasteiger partial charge in [0.15, 0.2) is 0 Å². The summed E-state index contributed by atoms with van der Waals surface area (Å²) in [6.07, 6.45) is 96.8. The van der Waals surface area contributed by atoms with Crippen LogP contribution in [0.1, 0.15) is 335 Å². The third-order valence-electron chi connectivity index (χ3n) is 16.3. The Morgan fingerprint density at radius 3 is 1.03 bits per heavy atom. The van der Waals surface area contributed by atoms with Crippen molar-refractivity contribution in [3.8, 4) is 0 Å². The number of carbonyl (C=O) groups excluding carboxylic acids is 1. The Labute approximate surface area is 534 Å². The summed E-state index contributed by atoms with van der Waals surface area (Å²) in [5.74, 6) is -0.195. The van der Waals surface area contributed by atoms with Crippen LogP contribution in [0.3, 0.4) is 0 Å². The van der Waals surface area contributed by atoms with Gasteiger partial charge < -0.3 is 28.8 Å². The second-order valence-electron chi connectivity index (χ2n) is 25.9. The number of phosphoric acid groups is 1. The van der Waals surface area contributed by atoms with Gasteiger partial charge in [-0.25, -0.2) is 0 Å². The SMILES string of the molecule is CC/C=C\C/C=C\C/C=C\C/C=C\C/C=C\C/C=C\C/C=C\CCCCCCCCCCCCCCCCCCCC(=O)NC(COP(=O)([O-])OCC[N+](C)(C)C)C(O)/C=C/CCCCCCCCCCCCCCCCCCCCCCCCC. The van der Waals surface area contributed by atoms with E-state index in [0.717, 1.165) is 83.5 Å². The van der Waals surface area contributed by atoms with E-state index in [0.29, 0.717) is 17.4 Å². The smallest absolute Gasteiger partial charge is 0.268 e. The van der Waals surface area contributed by atoms with E-state index in [1.54, 1.807) is 6.08 Å². The van der Waals surface area contributed by atoms with E-state index in [9.17, 15) is 19.4 Å². The quantitative estimate of drug-likeness (QED) is 0.0272. The van der Waals surface area contributed by atoms with Gasteiger partial charge in [0.1, 0.15) is 13.2 Å². The van der Waals surface area contributed by atoms with Crippen LogP contribution in [0.15, 0.2) is 97.2 Å². The van der Waals surface area contributed by atoms with Crippen LogP contribution >= 0.6 is 7.82 Å². The first-order valence-electron chi connectivity index (χ1n) is 36.6. The molecule has 0 aliphatic heterocycles. The van der Waals surface area contributed by atoms with Crippen LogP contribution in [-0.4, -0.2) is 68.5 Å². The molecule has 9 heteroatoms. The van der Waals surface area contributed by atoms with Gasteiger partial charge in [-0.15, -0.1) is 0 Å². The molecule has 0 aliphatic carbocycles. The van der Waals surface area contributed by atoms with Crippen molar-refractivity contribution < 1.29 is 32.9 Å². The predicted octanol–water partition coefficient (Wildman–Crippen LogP) is 23.0. The molecule has 1 amide bonds. The second-order valence-corrected chi connectivity index (χ2v) is 27.3. The number of likely N-dealkylation sites (N-methyl/N-ethyl adjacent to an activating group) is 1. The molecule has 86 heavy (non-hydrogen) atoms. The van der Waals surface area contributed by atoms with Crippen LogP contribution in [0, 0.1) is 0 Å². The monoisotopic (exact) mass is 1220 g/mol. The Balaban J connectivity index is 4.02. The molecular weight excluding hydrogens is 1080 g/mol.